The highest BCUT2D eigenvalue weighted by molar-refractivity contribution is 5.97. The summed E-state index contributed by atoms with van der Waals surface area (Å²) in [6, 6.07) is 7.70. The van der Waals surface area contributed by atoms with Gasteiger partial charge in [0, 0.05) is 0 Å². The number of nitrogens with one attached hydrogen (secondary N) is 1. The number of benzene rings is 1. The van der Waals surface area contributed by atoms with Crippen LogP contribution < -0.4 is 5.32 Å². The third-order valence-corrected chi connectivity index (χ3v) is 4.61. The number of aryl methyl sites for hydroxylation is 1. The van der Waals surface area contributed by atoms with Crippen LogP contribution in [0.5, 0.6) is 0 Å². The maximum Gasteiger partial charge on any atom is 0.329 e. The molecule has 2 aromatic rings. The first-order valence-electron chi connectivity index (χ1n) is 7.98. The molecule has 1 fully saturated rings. The Labute approximate surface area is 139 Å². The van der Waals surface area contributed by atoms with E-state index < -0.39 is 17.4 Å². The Morgan fingerprint density at radius 1 is 1.17 bits per heavy atom. The Balaban J connectivity index is 1.86. The van der Waals surface area contributed by atoms with Gasteiger partial charge < -0.3 is 10.4 Å². The molecule has 1 amide bonds. The number of hydrogen-bond acceptors (Lipinski definition) is 4. The fourth-order valence-corrected chi connectivity index (χ4v) is 3.12. The van der Waals surface area contributed by atoms with Crippen LogP contribution >= 0.6 is 0 Å². The van der Waals surface area contributed by atoms with Crippen molar-refractivity contribution in [3.8, 4) is 5.69 Å². The van der Waals surface area contributed by atoms with Gasteiger partial charge in [-0.05, 0) is 38.8 Å². The van der Waals surface area contributed by atoms with E-state index in [0.29, 0.717) is 18.5 Å². The predicted molar refractivity (Wildman–Crippen MR) is 87.1 cm³/mol. The Kier molecular flexibility index (Phi) is 4.09. The van der Waals surface area contributed by atoms with Gasteiger partial charge in [0.15, 0.2) is 5.69 Å². The first-order valence-corrected chi connectivity index (χ1v) is 7.98. The molecule has 1 saturated carbocycles. The SMILES string of the molecule is Cc1ccc(-n2nnc(C(=O)NC3(C(=O)O)CCCC3)c2C)cc1. The molecule has 0 spiro atoms. The molecule has 0 bridgehead atoms. The van der Waals surface area contributed by atoms with Crippen LogP contribution in [0.2, 0.25) is 0 Å². The molecule has 1 aliphatic rings. The van der Waals surface area contributed by atoms with Gasteiger partial charge in [0.1, 0.15) is 5.54 Å². The Hall–Kier alpha value is -2.70. The normalized spacial score (nSPS) is 16.1. The summed E-state index contributed by atoms with van der Waals surface area (Å²) < 4.78 is 1.58. The molecule has 0 atom stereocenters. The number of aromatic nitrogens is 3. The first kappa shape index (κ1) is 16.2. The minimum absolute atomic E-state index is 0.156. The Morgan fingerprint density at radius 3 is 2.38 bits per heavy atom. The Bertz CT molecular complexity index is 774. The molecule has 126 valence electrons. The van der Waals surface area contributed by atoms with Crippen LogP contribution in [0.25, 0.3) is 5.69 Å². The van der Waals surface area contributed by atoms with Crippen LogP contribution in [0.4, 0.5) is 0 Å². The van der Waals surface area contributed by atoms with E-state index in [4.69, 9.17) is 0 Å². The van der Waals surface area contributed by atoms with Crippen molar-refractivity contribution in [2.45, 2.75) is 45.1 Å². The Morgan fingerprint density at radius 2 is 1.79 bits per heavy atom. The van der Waals surface area contributed by atoms with E-state index in [-0.39, 0.29) is 5.69 Å². The monoisotopic (exact) mass is 328 g/mol. The number of amides is 1. The fraction of sp³-hybridized carbons (Fsp3) is 0.412. The number of carboxylic acid groups (broad SMARTS) is 1. The summed E-state index contributed by atoms with van der Waals surface area (Å²) in [6.45, 7) is 3.74. The standard InChI is InChI=1S/C17H20N4O3/c1-11-5-7-13(8-6-11)21-12(2)14(19-20-21)15(22)18-17(16(23)24)9-3-4-10-17/h5-8H,3-4,9-10H2,1-2H3,(H,18,22)(H,23,24). The highest BCUT2D eigenvalue weighted by atomic mass is 16.4. The lowest BCUT2D eigenvalue weighted by molar-refractivity contribution is -0.144. The van der Waals surface area contributed by atoms with Gasteiger partial charge in [0.25, 0.3) is 5.91 Å². The van der Waals surface area contributed by atoms with Crippen molar-refractivity contribution in [1.82, 2.24) is 20.3 Å². The molecule has 3 rings (SSSR count). The molecule has 1 aromatic carbocycles. The number of carbonyl (C=O) groups excluding carboxylic acids is 1. The average molecular weight is 328 g/mol. The maximum atomic E-state index is 12.5. The topological polar surface area (TPSA) is 97.1 Å². The van der Waals surface area contributed by atoms with E-state index >= 15 is 0 Å². The molecule has 7 nitrogen and oxygen atoms in total. The van der Waals surface area contributed by atoms with Gasteiger partial charge in [-0.25, -0.2) is 9.48 Å². The number of carboxylic acids is 1. The van der Waals surface area contributed by atoms with Gasteiger partial charge in [0.2, 0.25) is 0 Å². The summed E-state index contributed by atoms with van der Waals surface area (Å²) in [5.41, 5.74) is 1.48. The van der Waals surface area contributed by atoms with Crippen LogP contribution in [0.15, 0.2) is 24.3 Å². The third-order valence-electron chi connectivity index (χ3n) is 4.61. The molecular formula is C17H20N4O3. The van der Waals surface area contributed by atoms with Crippen molar-refractivity contribution in [3.63, 3.8) is 0 Å². The molecule has 0 unspecified atom stereocenters. The van der Waals surface area contributed by atoms with Gasteiger partial charge in [-0.15, -0.1) is 5.10 Å². The highest BCUT2D eigenvalue weighted by Gasteiger charge is 2.43. The van der Waals surface area contributed by atoms with Crippen molar-refractivity contribution in [1.29, 1.82) is 0 Å². The minimum atomic E-state index is -1.18. The zero-order chi connectivity index (χ0) is 17.3. The molecule has 1 aliphatic carbocycles. The highest BCUT2D eigenvalue weighted by Crippen LogP contribution is 2.30. The number of carbonyl (C=O) groups is 2. The van der Waals surface area contributed by atoms with Crippen LogP contribution in [0.1, 0.15) is 47.4 Å². The van der Waals surface area contributed by atoms with E-state index in [9.17, 15) is 14.7 Å². The van der Waals surface area contributed by atoms with Crippen molar-refractivity contribution in [3.05, 3.63) is 41.2 Å². The van der Waals surface area contributed by atoms with E-state index in [0.717, 1.165) is 24.1 Å². The van der Waals surface area contributed by atoms with Gasteiger partial charge in [-0.2, -0.15) is 0 Å². The van der Waals surface area contributed by atoms with Crippen LogP contribution in [0, 0.1) is 13.8 Å². The number of aliphatic carboxylic acids is 1. The summed E-state index contributed by atoms with van der Waals surface area (Å²) in [4.78, 5) is 24.1. The molecule has 0 aliphatic heterocycles. The second kappa shape index (κ2) is 6.07. The summed E-state index contributed by atoms with van der Waals surface area (Å²) in [5, 5.41) is 20.1. The van der Waals surface area contributed by atoms with E-state index in [1.807, 2.05) is 31.2 Å². The van der Waals surface area contributed by atoms with Gasteiger partial charge in [-0.3, -0.25) is 4.79 Å². The third kappa shape index (κ3) is 2.77. The molecule has 0 radical (unpaired) electrons. The summed E-state index contributed by atoms with van der Waals surface area (Å²) in [5.74, 6) is -1.48. The van der Waals surface area contributed by atoms with Crippen LogP contribution in [-0.2, 0) is 4.79 Å². The van der Waals surface area contributed by atoms with E-state index in [2.05, 4.69) is 15.6 Å². The molecule has 1 heterocycles. The van der Waals surface area contributed by atoms with Crippen molar-refractivity contribution in [2.24, 2.45) is 0 Å². The molecule has 0 saturated heterocycles. The number of rotatable bonds is 4. The van der Waals surface area contributed by atoms with Crippen molar-refractivity contribution in [2.75, 3.05) is 0 Å². The van der Waals surface area contributed by atoms with Crippen LogP contribution in [0.3, 0.4) is 0 Å². The summed E-state index contributed by atoms with van der Waals surface area (Å²) in [6.07, 6.45) is 2.47. The quantitative estimate of drug-likeness (QED) is 0.895. The van der Waals surface area contributed by atoms with Crippen LogP contribution in [-0.4, -0.2) is 37.5 Å². The average Bonchev–Trinajstić information content (AvgIpc) is 3.16. The zero-order valence-corrected chi connectivity index (χ0v) is 13.7. The van der Waals surface area contributed by atoms with Crippen molar-refractivity contribution < 1.29 is 14.7 Å². The lowest BCUT2D eigenvalue weighted by atomic mass is 9.97. The molecule has 1 aromatic heterocycles. The smallest absolute Gasteiger partial charge is 0.329 e. The van der Waals surface area contributed by atoms with Gasteiger partial charge in [-0.1, -0.05) is 35.8 Å². The van der Waals surface area contributed by atoms with Crippen molar-refractivity contribution >= 4 is 11.9 Å². The number of nitrogens with zero attached hydrogens (tertiary/aromatic N) is 3. The van der Waals surface area contributed by atoms with Gasteiger partial charge >= 0.3 is 5.97 Å². The fourth-order valence-electron chi connectivity index (χ4n) is 3.12. The maximum absolute atomic E-state index is 12.5. The number of hydrogen-bond donors (Lipinski definition) is 2. The first-order chi connectivity index (χ1) is 11.4. The summed E-state index contributed by atoms with van der Waals surface area (Å²) in [7, 11) is 0. The molecule has 2 N–H and O–H groups in total. The van der Waals surface area contributed by atoms with E-state index in [1.165, 1.54) is 0 Å². The lowest BCUT2D eigenvalue weighted by Crippen LogP contribution is -2.52. The molecular weight excluding hydrogens is 308 g/mol. The molecule has 24 heavy (non-hydrogen) atoms. The summed E-state index contributed by atoms with van der Waals surface area (Å²) >= 11 is 0. The predicted octanol–water partition coefficient (Wildman–Crippen LogP) is 2.01. The molecule has 7 heteroatoms. The second-order valence-electron chi connectivity index (χ2n) is 6.32. The minimum Gasteiger partial charge on any atom is -0.480 e. The zero-order valence-electron chi connectivity index (χ0n) is 13.7. The second-order valence-corrected chi connectivity index (χ2v) is 6.32. The van der Waals surface area contributed by atoms with Gasteiger partial charge in [0.05, 0.1) is 11.4 Å². The van der Waals surface area contributed by atoms with E-state index in [1.54, 1.807) is 11.6 Å². The largest absolute Gasteiger partial charge is 0.480 e. The lowest BCUT2D eigenvalue weighted by Gasteiger charge is -2.24.